The number of hydrogen-bond donors (Lipinski definition) is 2. The molecule has 4 nitrogen and oxygen atoms in total. The summed E-state index contributed by atoms with van der Waals surface area (Å²) in [5.74, 6) is -9.73. The molecule has 0 aliphatic heterocycles. The van der Waals surface area contributed by atoms with Crippen LogP contribution < -0.4 is 5.32 Å². The van der Waals surface area contributed by atoms with Crippen LogP contribution in [-0.4, -0.2) is 16.9 Å². The number of rotatable bonds is 5. The summed E-state index contributed by atoms with van der Waals surface area (Å²) in [5, 5.41) is 11.3. The van der Waals surface area contributed by atoms with Crippen molar-refractivity contribution in [2.45, 2.75) is 6.92 Å². The highest BCUT2D eigenvalue weighted by Gasteiger charge is 2.27. The zero-order chi connectivity index (χ0) is 19.6. The van der Waals surface area contributed by atoms with Crippen LogP contribution in [0.15, 0.2) is 36.0 Å². The SMILES string of the molecule is Cc1c(F)c(F)cc(F)c1C(=O)C(=CNc1ccc(F)cc1F)C(=O)O. The predicted octanol–water partition coefficient (Wildman–Crippen LogP) is 3.95. The van der Waals surface area contributed by atoms with E-state index in [1.54, 1.807) is 0 Å². The fraction of sp³-hybridized carbons (Fsp3) is 0.0588. The van der Waals surface area contributed by atoms with Crippen LogP contribution in [-0.2, 0) is 4.79 Å². The lowest BCUT2D eigenvalue weighted by Crippen LogP contribution is -2.18. The number of halogens is 5. The summed E-state index contributed by atoms with van der Waals surface area (Å²) in [4.78, 5) is 23.6. The van der Waals surface area contributed by atoms with Crippen molar-refractivity contribution >= 4 is 17.4 Å². The summed E-state index contributed by atoms with van der Waals surface area (Å²) in [6.45, 7) is 0.904. The van der Waals surface area contributed by atoms with Crippen molar-refractivity contribution in [3.63, 3.8) is 0 Å². The quantitative estimate of drug-likeness (QED) is 0.209. The van der Waals surface area contributed by atoms with Crippen molar-refractivity contribution in [3.8, 4) is 0 Å². The van der Waals surface area contributed by atoms with Crippen LogP contribution in [0.2, 0.25) is 0 Å². The average molecular weight is 371 g/mol. The monoisotopic (exact) mass is 371 g/mol. The molecule has 0 aromatic heterocycles. The Bertz CT molecular complexity index is 940. The topological polar surface area (TPSA) is 66.4 Å². The Kier molecular flexibility index (Phi) is 5.39. The van der Waals surface area contributed by atoms with Gasteiger partial charge < -0.3 is 10.4 Å². The van der Waals surface area contributed by atoms with Crippen molar-refractivity contribution in [1.29, 1.82) is 0 Å². The van der Waals surface area contributed by atoms with Crippen LogP contribution in [0.5, 0.6) is 0 Å². The molecule has 9 heteroatoms. The molecule has 26 heavy (non-hydrogen) atoms. The molecule has 0 saturated carbocycles. The maximum Gasteiger partial charge on any atom is 0.341 e. The summed E-state index contributed by atoms with van der Waals surface area (Å²) in [7, 11) is 0. The molecule has 2 N–H and O–H groups in total. The van der Waals surface area contributed by atoms with Gasteiger partial charge in [-0.05, 0) is 19.1 Å². The molecule has 0 heterocycles. The fourth-order valence-electron chi connectivity index (χ4n) is 2.11. The van der Waals surface area contributed by atoms with Gasteiger partial charge in [-0.2, -0.15) is 0 Å². The van der Waals surface area contributed by atoms with E-state index in [0.29, 0.717) is 12.3 Å². The lowest BCUT2D eigenvalue weighted by atomic mass is 9.98. The zero-order valence-electron chi connectivity index (χ0n) is 13.0. The Balaban J connectivity index is 2.46. The molecular weight excluding hydrogens is 361 g/mol. The number of aliphatic carboxylic acids is 1. The molecule has 2 aromatic rings. The molecule has 0 bridgehead atoms. The fourth-order valence-corrected chi connectivity index (χ4v) is 2.11. The normalized spacial score (nSPS) is 11.4. The Morgan fingerprint density at radius 3 is 2.23 bits per heavy atom. The third kappa shape index (κ3) is 3.71. The summed E-state index contributed by atoms with van der Waals surface area (Å²) in [6.07, 6.45) is 0.543. The Labute approximate surface area is 143 Å². The third-order valence-corrected chi connectivity index (χ3v) is 3.41. The first kappa shape index (κ1) is 19.1. The minimum Gasteiger partial charge on any atom is -0.477 e. The van der Waals surface area contributed by atoms with Crippen LogP contribution in [0.25, 0.3) is 0 Å². The lowest BCUT2D eigenvalue weighted by molar-refractivity contribution is -0.132. The second-order valence-corrected chi connectivity index (χ2v) is 5.11. The Hall–Kier alpha value is -3.23. The van der Waals surface area contributed by atoms with Crippen molar-refractivity contribution in [2.75, 3.05) is 5.32 Å². The summed E-state index contributed by atoms with van der Waals surface area (Å²) in [6, 6.07) is 2.44. The van der Waals surface area contributed by atoms with Crippen LogP contribution in [0.1, 0.15) is 15.9 Å². The molecule has 0 radical (unpaired) electrons. The minimum absolute atomic E-state index is 0.113. The van der Waals surface area contributed by atoms with E-state index in [9.17, 15) is 31.5 Å². The first-order chi connectivity index (χ1) is 12.1. The lowest BCUT2D eigenvalue weighted by Gasteiger charge is -2.10. The van der Waals surface area contributed by atoms with Crippen LogP contribution in [0, 0.1) is 36.0 Å². The van der Waals surface area contributed by atoms with Gasteiger partial charge in [0.15, 0.2) is 11.6 Å². The Morgan fingerprint density at radius 1 is 1.00 bits per heavy atom. The molecular formula is C17H10F5NO3. The molecule has 0 amide bonds. The molecule has 0 fully saturated rings. The number of carboxylic acid groups (broad SMARTS) is 1. The second kappa shape index (κ2) is 7.34. The largest absolute Gasteiger partial charge is 0.477 e. The number of nitrogens with one attached hydrogen (secondary N) is 1. The average Bonchev–Trinajstić information content (AvgIpc) is 2.54. The number of benzene rings is 2. The van der Waals surface area contributed by atoms with Gasteiger partial charge in [0.25, 0.3) is 0 Å². The van der Waals surface area contributed by atoms with Crippen LogP contribution >= 0.6 is 0 Å². The van der Waals surface area contributed by atoms with Gasteiger partial charge in [-0.25, -0.2) is 26.7 Å². The predicted molar refractivity (Wildman–Crippen MR) is 81.1 cm³/mol. The molecule has 0 aliphatic rings. The first-order valence-corrected chi connectivity index (χ1v) is 6.97. The molecule has 2 aromatic carbocycles. The first-order valence-electron chi connectivity index (χ1n) is 6.97. The van der Waals surface area contributed by atoms with Gasteiger partial charge in [0.1, 0.15) is 23.0 Å². The van der Waals surface area contributed by atoms with E-state index >= 15 is 0 Å². The van der Waals surface area contributed by atoms with E-state index in [-0.39, 0.29) is 11.8 Å². The van der Waals surface area contributed by atoms with Crippen molar-refractivity contribution in [3.05, 3.63) is 76.3 Å². The van der Waals surface area contributed by atoms with Crippen molar-refractivity contribution in [1.82, 2.24) is 0 Å². The maximum atomic E-state index is 13.9. The molecule has 0 spiro atoms. The molecule has 0 aliphatic carbocycles. The van der Waals surface area contributed by atoms with Crippen molar-refractivity contribution < 1.29 is 36.6 Å². The highest BCUT2D eigenvalue weighted by atomic mass is 19.2. The van der Waals surface area contributed by atoms with Gasteiger partial charge in [0, 0.05) is 23.9 Å². The van der Waals surface area contributed by atoms with E-state index in [1.165, 1.54) is 0 Å². The number of carbonyl (C=O) groups excluding carboxylic acids is 1. The standard InChI is InChI=1S/C17H10F5NO3/c1-7-14(11(20)5-12(21)15(7)22)16(24)9(17(25)26)6-23-13-3-2-8(18)4-10(13)19/h2-6,23H,1H3,(H,25,26). The molecule has 0 atom stereocenters. The van der Waals surface area contributed by atoms with Gasteiger partial charge >= 0.3 is 5.97 Å². The van der Waals surface area contributed by atoms with Gasteiger partial charge in [0.2, 0.25) is 5.78 Å². The van der Waals surface area contributed by atoms with Gasteiger partial charge in [-0.1, -0.05) is 0 Å². The van der Waals surface area contributed by atoms with E-state index < -0.39 is 57.5 Å². The van der Waals surface area contributed by atoms with Crippen LogP contribution in [0.4, 0.5) is 27.6 Å². The van der Waals surface area contributed by atoms with Gasteiger partial charge in [0.05, 0.1) is 11.3 Å². The number of Topliss-reactive ketones (excluding diaryl/α,β-unsaturated/α-hetero) is 1. The van der Waals surface area contributed by atoms with Crippen molar-refractivity contribution in [2.24, 2.45) is 0 Å². The van der Waals surface area contributed by atoms with E-state index in [4.69, 9.17) is 5.11 Å². The number of carboxylic acids is 1. The highest BCUT2D eigenvalue weighted by Crippen LogP contribution is 2.23. The maximum absolute atomic E-state index is 13.9. The highest BCUT2D eigenvalue weighted by molar-refractivity contribution is 6.24. The minimum atomic E-state index is -1.83. The van der Waals surface area contributed by atoms with Gasteiger partial charge in [-0.15, -0.1) is 0 Å². The summed E-state index contributed by atoms with van der Waals surface area (Å²) < 4.78 is 67.0. The van der Waals surface area contributed by atoms with E-state index in [2.05, 4.69) is 5.32 Å². The van der Waals surface area contributed by atoms with Crippen LogP contribution in [0.3, 0.4) is 0 Å². The molecule has 2 rings (SSSR count). The second-order valence-electron chi connectivity index (χ2n) is 5.11. The number of hydrogen-bond acceptors (Lipinski definition) is 3. The Morgan fingerprint density at radius 2 is 1.65 bits per heavy atom. The third-order valence-electron chi connectivity index (χ3n) is 3.41. The van der Waals surface area contributed by atoms with E-state index in [1.807, 2.05) is 0 Å². The number of ketones is 1. The summed E-state index contributed by atoms with van der Waals surface area (Å²) in [5.41, 5.74) is -3.12. The molecule has 0 unspecified atom stereocenters. The van der Waals surface area contributed by atoms with Gasteiger partial charge in [-0.3, -0.25) is 4.79 Å². The smallest absolute Gasteiger partial charge is 0.341 e. The zero-order valence-corrected chi connectivity index (χ0v) is 13.0. The number of carbonyl (C=O) groups is 2. The molecule has 136 valence electrons. The molecule has 0 saturated heterocycles. The summed E-state index contributed by atoms with van der Waals surface area (Å²) >= 11 is 0. The van der Waals surface area contributed by atoms with E-state index in [0.717, 1.165) is 19.1 Å². The number of anilines is 1.